The Morgan fingerprint density at radius 1 is 1.32 bits per heavy atom. The van der Waals surface area contributed by atoms with Crippen molar-refractivity contribution >= 4 is 34.5 Å². The molecule has 0 fully saturated rings. The van der Waals surface area contributed by atoms with Crippen molar-refractivity contribution in [3.8, 4) is 5.75 Å². The van der Waals surface area contributed by atoms with E-state index < -0.39 is 0 Å². The van der Waals surface area contributed by atoms with Crippen molar-refractivity contribution in [3.63, 3.8) is 0 Å². The van der Waals surface area contributed by atoms with Gasteiger partial charge in [-0.15, -0.1) is 0 Å². The topological polar surface area (TPSA) is 21.6 Å². The van der Waals surface area contributed by atoms with E-state index in [1.807, 2.05) is 18.2 Å². The Hall–Kier alpha value is -0.480. The first-order valence-corrected chi connectivity index (χ1v) is 7.64. The Morgan fingerprint density at radius 2 is 1.89 bits per heavy atom. The summed E-state index contributed by atoms with van der Waals surface area (Å²) in [5.41, 5.74) is 1.80. The van der Waals surface area contributed by atoms with Crippen molar-refractivity contribution in [2.75, 3.05) is 0 Å². The van der Waals surface area contributed by atoms with Crippen LogP contribution in [0.25, 0.3) is 0 Å². The van der Waals surface area contributed by atoms with Gasteiger partial charge in [-0.25, -0.2) is 4.40 Å². The molecule has 0 unspecified atom stereocenters. The zero-order chi connectivity index (χ0) is 14.6. The molecule has 1 aromatic carbocycles. The third-order valence-electron chi connectivity index (χ3n) is 2.35. The van der Waals surface area contributed by atoms with Crippen LogP contribution in [0.3, 0.4) is 0 Å². The Morgan fingerprint density at radius 3 is 2.42 bits per heavy atom. The van der Waals surface area contributed by atoms with Crippen molar-refractivity contribution in [1.29, 1.82) is 0 Å². The summed E-state index contributed by atoms with van der Waals surface area (Å²) in [6.07, 6.45) is 0.778. The van der Waals surface area contributed by atoms with Crippen LogP contribution in [0.5, 0.6) is 5.75 Å². The van der Waals surface area contributed by atoms with Gasteiger partial charge >= 0.3 is 0 Å². The second kappa shape index (κ2) is 6.80. The summed E-state index contributed by atoms with van der Waals surface area (Å²) in [6, 6.07) is 5.94. The van der Waals surface area contributed by atoms with Crippen LogP contribution < -0.4 is 4.74 Å². The molecule has 106 valence electrons. The van der Waals surface area contributed by atoms with E-state index in [1.165, 1.54) is 0 Å². The standard InChI is InChI=1S/C11H12BrNOS.C4H10/c1-11(2)6-9(13-15)8-5-7(12)3-4-10(8)14-11;1-4(2)3/h3-5,15H,6H2,1-2H3;4H,1-3H3/b13-9+;. The van der Waals surface area contributed by atoms with Crippen molar-refractivity contribution in [2.24, 2.45) is 10.3 Å². The molecule has 1 aromatic rings. The highest BCUT2D eigenvalue weighted by atomic mass is 79.9. The molecular formula is C15H22BrNOS. The second-order valence-electron chi connectivity index (χ2n) is 5.96. The molecule has 2 nitrogen and oxygen atoms in total. The number of thiol groups is 1. The van der Waals surface area contributed by atoms with E-state index in [1.54, 1.807) is 0 Å². The molecule has 0 saturated heterocycles. The molecular weight excluding hydrogens is 322 g/mol. The zero-order valence-electron chi connectivity index (χ0n) is 12.2. The van der Waals surface area contributed by atoms with Crippen LogP contribution >= 0.6 is 28.7 Å². The predicted molar refractivity (Wildman–Crippen MR) is 89.5 cm³/mol. The van der Waals surface area contributed by atoms with Crippen molar-refractivity contribution in [2.45, 2.75) is 46.6 Å². The first kappa shape index (κ1) is 16.6. The minimum Gasteiger partial charge on any atom is -0.487 e. The summed E-state index contributed by atoms with van der Waals surface area (Å²) in [6.45, 7) is 10.6. The van der Waals surface area contributed by atoms with Gasteiger partial charge in [-0.2, -0.15) is 0 Å². The number of ether oxygens (including phenoxy) is 1. The lowest BCUT2D eigenvalue weighted by molar-refractivity contribution is 0.111. The van der Waals surface area contributed by atoms with Gasteiger partial charge < -0.3 is 4.74 Å². The van der Waals surface area contributed by atoms with Crippen LogP contribution in [0.1, 0.15) is 46.6 Å². The van der Waals surface area contributed by atoms with Crippen molar-refractivity contribution in [1.82, 2.24) is 0 Å². The van der Waals surface area contributed by atoms with Gasteiger partial charge in [0, 0.05) is 16.5 Å². The summed E-state index contributed by atoms with van der Waals surface area (Å²) in [4.78, 5) is 0. The number of fused-ring (bicyclic) bond motifs is 1. The fourth-order valence-corrected chi connectivity index (χ4v) is 2.28. The monoisotopic (exact) mass is 343 g/mol. The number of benzene rings is 1. The minimum atomic E-state index is -0.206. The second-order valence-corrected chi connectivity index (χ2v) is 7.07. The van der Waals surface area contributed by atoms with E-state index in [-0.39, 0.29) is 5.60 Å². The van der Waals surface area contributed by atoms with Crippen LogP contribution in [-0.2, 0) is 0 Å². The Kier molecular flexibility index (Phi) is 5.93. The quantitative estimate of drug-likeness (QED) is 0.633. The maximum Gasteiger partial charge on any atom is 0.129 e. The highest BCUT2D eigenvalue weighted by Crippen LogP contribution is 2.35. The molecule has 0 radical (unpaired) electrons. The van der Waals surface area contributed by atoms with E-state index in [4.69, 9.17) is 4.74 Å². The summed E-state index contributed by atoms with van der Waals surface area (Å²) in [5.74, 6) is 1.71. The summed E-state index contributed by atoms with van der Waals surface area (Å²) in [5, 5.41) is 0. The van der Waals surface area contributed by atoms with E-state index in [9.17, 15) is 0 Å². The van der Waals surface area contributed by atoms with E-state index in [0.717, 1.165) is 33.8 Å². The Balaban J connectivity index is 0.000000399. The average Bonchev–Trinajstić information content (AvgIpc) is 2.27. The summed E-state index contributed by atoms with van der Waals surface area (Å²) < 4.78 is 10.9. The fraction of sp³-hybridized carbons (Fsp3) is 0.533. The molecule has 1 aliphatic rings. The molecule has 0 aliphatic carbocycles. The van der Waals surface area contributed by atoms with Crippen molar-refractivity contribution in [3.05, 3.63) is 28.2 Å². The van der Waals surface area contributed by atoms with Crippen LogP contribution in [-0.4, -0.2) is 11.3 Å². The molecule has 1 aliphatic heterocycles. The SMILES string of the molecule is CC(C)C.CC1(C)C/C(=N\S)c2cc(Br)ccc2O1. The molecule has 4 heteroatoms. The molecule has 19 heavy (non-hydrogen) atoms. The molecule has 0 amide bonds. The van der Waals surface area contributed by atoms with Crippen LogP contribution in [0, 0.1) is 5.92 Å². The lowest BCUT2D eigenvalue weighted by Gasteiger charge is -2.33. The Bertz CT molecular complexity index is 466. The zero-order valence-corrected chi connectivity index (χ0v) is 14.7. The Labute approximate surface area is 130 Å². The molecule has 0 saturated carbocycles. The minimum absolute atomic E-state index is 0.206. The predicted octanol–water partition coefficient (Wildman–Crippen LogP) is 5.31. The molecule has 0 aromatic heterocycles. The first-order valence-electron chi connectivity index (χ1n) is 6.45. The van der Waals surface area contributed by atoms with Gasteiger partial charge in [0.1, 0.15) is 11.4 Å². The van der Waals surface area contributed by atoms with Crippen molar-refractivity contribution < 1.29 is 4.74 Å². The van der Waals surface area contributed by atoms with Gasteiger partial charge in [0.15, 0.2) is 0 Å². The highest BCUT2D eigenvalue weighted by Gasteiger charge is 2.30. The first-order chi connectivity index (χ1) is 8.75. The fourth-order valence-electron chi connectivity index (χ4n) is 1.74. The third kappa shape index (κ3) is 5.19. The lowest BCUT2D eigenvalue weighted by Crippen LogP contribution is -2.36. The molecule has 0 atom stereocenters. The number of hydrogen-bond acceptors (Lipinski definition) is 3. The van der Waals surface area contributed by atoms with Gasteiger partial charge in [0.25, 0.3) is 0 Å². The van der Waals surface area contributed by atoms with Gasteiger partial charge in [-0.05, 0) is 50.8 Å². The molecule has 2 rings (SSSR count). The van der Waals surface area contributed by atoms with Gasteiger partial charge in [0.05, 0.1) is 5.71 Å². The molecule has 0 N–H and O–H groups in total. The van der Waals surface area contributed by atoms with Gasteiger partial charge in [0.2, 0.25) is 0 Å². The number of hydrogen-bond donors (Lipinski definition) is 1. The maximum absolute atomic E-state index is 5.87. The smallest absolute Gasteiger partial charge is 0.129 e. The summed E-state index contributed by atoms with van der Waals surface area (Å²) >= 11 is 7.46. The summed E-state index contributed by atoms with van der Waals surface area (Å²) in [7, 11) is 0. The average molecular weight is 344 g/mol. The van der Waals surface area contributed by atoms with E-state index in [0.29, 0.717) is 0 Å². The third-order valence-corrected chi connectivity index (χ3v) is 3.09. The largest absolute Gasteiger partial charge is 0.487 e. The van der Waals surface area contributed by atoms with E-state index in [2.05, 4.69) is 67.8 Å². The number of rotatable bonds is 0. The van der Waals surface area contributed by atoms with Crippen LogP contribution in [0.15, 0.2) is 27.1 Å². The molecule has 0 spiro atoms. The molecule has 1 heterocycles. The van der Waals surface area contributed by atoms with Crippen LogP contribution in [0.4, 0.5) is 0 Å². The molecule has 0 bridgehead atoms. The van der Waals surface area contributed by atoms with Gasteiger partial charge in [-0.3, -0.25) is 0 Å². The normalized spacial score (nSPS) is 18.4. The van der Waals surface area contributed by atoms with Crippen LogP contribution in [0.2, 0.25) is 0 Å². The lowest BCUT2D eigenvalue weighted by atomic mass is 9.92. The number of nitrogens with zero attached hydrogens (tertiary/aromatic N) is 1. The highest BCUT2D eigenvalue weighted by molar-refractivity contribution is 9.10. The number of halogens is 1. The van der Waals surface area contributed by atoms with Gasteiger partial charge in [-0.1, -0.05) is 36.7 Å². The maximum atomic E-state index is 5.87. The van der Waals surface area contributed by atoms with E-state index >= 15 is 0 Å².